The Bertz CT molecular complexity index is 746. The average Bonchev–Trinajstić information content (AvgIpc) is 2.54. The van der Waals surface area contributed by atoms with Gasteiger partial charge in [0, 0.05) is 11.6 Å². The second-order valence-electron chi connectivity index (χ2n) is 6.36. The third-order valence-corrected chi connectivity index (χ3v) is 5.76. The van der Waals surface area contributed by atoms with Gasteiger partial charge in [-0.2, -0.15) is 0 Å². The Morgan fingerprint density at radius 2 is 2.12 bits per heavy atom. The molecular formula is C18H25ClN2O3S. The molecule has 0 spiro atoms. The highest BCUT2D eigenvalue weighted by molar-refractivity contribution is 7.92. The van der Waals surface area contributed by atoms with Crippen LogP contribution >= 0.6 is 11.6 Å². The molecule has 0 unspecified atom stereocenters. The van der Waals surface area contributed by atoms with E-state index in [-0.39, 0.29) is 5.91 Å². The zero-order valence-electron chi connectivity index (χ0n) is 14.7. The minimum Gasteiger partial charge on any atom is -0.354 e. The summed E-state index contributed by atoms with van der Waals surface area (Å²) in [6.45, 7) is 2.10. The lowest BCUT2D eigenvalue weighted by molar-refractivity contribution is -0.121. The molecule has 0 radical (unpaired) electrons. The lowest BCUT2D eigenvalue weighted by Gasteiger charge is -2.28. The molecule has 0 aromatic heterocycles. The van der Waals surface area contributed by atoms with Gasteiger partial charge < -0.3 is 5.32 Å². The lowest BCUT2D eigenvalue weighted by atomic mass is 9.97. The molecular weight excluding hydrogens is 360 g/mol. The van der Waals surface area contributed by atoms with Crippen molar-refractivity contribution in [1.82, 2.24) is 5.32 Å². The van der Waals surface area contributed by atoms with Crippen molar-refractivity contribution in [2.45, 2.75) is 45.1 Å². The Labute approximate surface area is 155 Å². The largest absolute Gasteiger partial charge is 0.354 e. The number of nitrogens with zero attached hydrogens (tertiary/aromatic N) is 1. The van der Waals surface area contributed by atoms with Crippen LogP contribution in [0, 0.1) is 0 Å². The molecule has 1 aliphatic rings. The number of nitrogens with one attached hydrogen (secondary N) is 1. The van der Waals surface area contributed by atoms with Crippen LogP contribution < -0.4 is 9.62 Å². The minimum atomic E-state index is -3.62. The van der Waals surface area contributed by atoms with Crippen LogP contribution in [0.1, 0.15) is 39.0 Å². The number of benzene rings is 1. The Morgan fingerprint density at radius 1 is 1.36 bits per heavy atom. The first kappa shape index (κ1) is 19.8. The van der Waals surface area contributed by atoms with Gasteiger partial charge in [0.05, 0.1) is 11.9 Å². The lowest BCUT2D eigenvalue weighted by Crippen LogP contribution is -2.48. The molecule has 0 heterocycles. The highest BCUT2D eigenvalue weighted by Gasteiger charge is 2.29. The number of carbonyl (C=O) groups excluding carboxylic acids is 1. The maximum absolute atomic E-state index is 12.5. The van der Waals surface area contributed by atoms with E-state index in [2.05, 4.69) is 11.4 Å². The monoisotopic (exact) mass is 384 g/mol. The van der Waals surface area contributed by atoms with Gasteiger partial charge in [-0.1, -0.05) is 29.3 Å². The molecule has 7 heteroatoms. The van der Waals surface area contributed by atoms with Gasteiger partial charge in [-0.25, -0.2) is 8.42 Å². The van der Waals surface area contributed by atoms with Crippen LogP contribution in [-0.4, -0.2) is 33.2 Å². The van der Waals surface area contributed by atoms with Crippen molar-refractivity contribution in [2.75, 3.05) is 17.1 Å². The summed E-state index contributed by atoms with van der Waals surface area (Å²) in [5.41, 5.74) is 1.75. The van der Waals surface area contributed by atoms with Crippen LogP contribution in [0.2, 0.25) is 5.02 Å². The van der Waals surface area contributed by atoms with Gasteiger partial charge in [0.15, 0.2) is 0 Å². The Kier molecular flexibility index (Phi) is 6.90. The number of hydrogen-bond acceptors (Lipinski definition) is 3. The number of carbonyl (C=O) groups is 1. The summed E-state index contributed by atoms with van der Waals surface area (Å²) in [6, 6.07) is 5.64. The summed E-state index contributed by atoms with van der Waals surface area (Å²) in [4.78, 5) is 12.5. The predicted molar refractivity (Wildman–Crippen MR) is 102 cm³/mol. The fraction of sp³-hybridized carbons (Fsp3) is 0.500. The van der Waals surface area contributed by atoms with Crippen molar-refractivity contribution < 1.29 is 13.2 Å². The summed E-state index contributed by atoms with van der Waals surface area (Å²) >= 11 is 5.96. The Hall–Kier alpha value is -1.53. The molecule has 1 aromatic rings. The van der Waals surface area contributed by atoms with Crippen molar-refractivity contribution in [1.29, 1.82) is 0 Å². The molecule has 2 rings (SSSR count). The van der Waals surface area contributed by atoms with E-state index in [0.29, 0.717) is 17.3 Å². The average molecular weight is 385 g/mol. The second-order valence-corrected chi connectivity index (χ2v) is 8.66. The molecule has 5 nitrogen and oxygen atoms in total. The Balaban J connectivity index is 2.04. The van der Waals surface area contributed by atoms with Crippen LogP contribution in [0.3, 0.4) is 0 Å². The van der Waals surface area contributed by atoms with Crippen molar-refractivity contribution in [3.05, 3.63) is 40.9 Å². The summed E-state index contributed by atoms with van der Waals surface area (Å²) in [5, 5.41) is 3.27. The third kappa shape index (κ3) is 5.75. The topological polar surface area (TPSA) is 66.5 Å². The van der Waals surface area contributed by atoms with Gasteiger partial charge in [0.1, 0.15) is 6.04 Å². The molecule has 0 saturated heterocycles. The maximum Gasteiger partial charge on any atom is 0.243 e. The molecule has 1 atom stereocenters. The van der Waals surface area contributed by atoms with Gasteiger partial charge in [-0.3, -0.25) is 9.10 Å². The Morgan fingerprint density at radius 3 is 2.72 bits per heavy atom. The smallest absolute Gasteiger partial charge is 0.243 e. The van der Waals surface area contributed by atoms with E-state index in [9.17, 15) is 13.2 Å². The molecule has 1 aromatic carbocycles. The quantitative estimate of drug-likeness (QED) is 0.731. The predicted octanol–water partition coefficient (Wildman–Crippen LogP) is 3.50. The first-order valence-corrected chi connectivity index (χ1v) is 10.7. The number of allylic oxidation sites excluding steroid dienone is 1. The number of sulfonamides is 1. The zero-order valence-corrected chi connectivity index (χ0v) is 16.2. The van der Waals surface area contributed by atoms with Crippen molar-refractivity contribution in [2.24, 2.45) is 0 Å². The van der Waals surface area contributed by atoms with Gasteiger partial charge in [0.25, 0.3) is 0 Å². The third-order valence-electron chi connectivity index (χ3n) is 4.28. The zero-order chi connectivity index (χ0) is 18.4. The molecule has 25 heavy (non-hydrogen) atoms. The second kappa shape index (κ2) is 8.72. The van der Waals surface area contributed by atoms with E-state index in [4.69, 9.17) is 11.6 Å². The fourth-order valence-electron chi connectivity index (χ4n) is 3.05. The maximum atomic E-state index is 12.5. The molecule has 0 fully saturated rings. The van der Waals surface area contributed by atoms with Crippen molar-refractivity contribution in [3.63, 3.8) is 0 Å². The SMILES string of the molecule is C[C@H](C(=O)NCCC1=CCCCC1)N(c1cccc(Cl)c1)S(C)(=O)=O. The number of anilines is 1. The number of rotatable bonds is 7. The molecule has 138 valence electrons. The van der Waals surface area contributed by atoms with Gasteiger partial charge in [0.2, 0.25) is 15.9 Å². The standard InChI is InChI=1S/C18H25ClN2O3S/c1-14(18(22)20-12-11-15-7-4-3-5-8-15)21(25(2,23)24)17-10-6-9-16(19)13-17/h6-7,9-10,13-14H,3-5,8,11-12H2,1-2H3,(H,20,22)/t14-/m1/s1. The molecule has 0 aliphatic heterocycles. The molecule has 0 bridgehead atoms. The summed E-state index contributed by atoms with van der Waals surface area (Å²) in [6.07, 6.45) is 8.77. The van der Waals surface area contributed by atoms with Crippen LogP contribution in [0.5, 0.6) is 0 Å². The summed E-state index contributed by atoms with van der Waals surface area (Å²) in [5.74, 6) is -0.318. The van der Waals surface area contributed by atoms with Gasteiger partial charge in [-0.05, 0) is 57.2 Å². The van der Waals surface area contributed by atoms with Gasteiger partial charge >= 0.3 is 0 Å². The normalized spacial score (nSPS) is 16.0. The van der Waals surface area contributed by atoms with E-state index in [0.717, 1.165) is 29.8 Å². The number of amides is 1. The van der Waals surface area contributed by atoms with Crippen LogP contribution in [-0.2, 0) is 14.8 Å². The number of halogens is 1. The van der Waals surface area contributed by atoms with E-state index in [1.165, 1.54) is 18.4 Å². The van der Waals surface area contributed by atoms with Crippen molar-refractivity contribution in [3.8, 4) is 0 Å². The summed E-state index contributed by atoms with van der Waals surface area (Å²) < 4.78 is 25.5. The molecule has 1 aliphatic carbocycles. The van der Waals surface area contributed by atoms with E-state index < -0.39 is 16.1 Å². The summed E-state index contributed by atoms with van der Waals surface area (Å²) in [7, 11) is -3.62. The number of hydrogen-bond donors (Lipinski definition) is 1. The van der Waals surface area contributed by atoms with Gasteiger partial charge in [-0.15, -0.1) is 0 Å². The van der Waals surface area contributed by atoms with Crippen LogP contribution in [0.4, 0.5) is 5.69 Å². The van der Waals surface area contributed by atoms with E-state index in [1.807, 2.05) is 0 Å². The fourth-order valence-corrected chi connectivity index (χ4v) is 4.40. The van der Waals surface area contributed by atoms with Crippen molar-refractivity contribution >= 4 is 33.2 Å². The highest BCUT2D eigenvalue weighted by atomic mass is 35.5. The van der Waals surface area contributed by atoms with E-state index >= 15 is 0 Å². The minimum absolute atomic E-state index is 0.318. The van der Waals surface area contributed by atoms with Crippen LogP contribution in [0.25, 0.3) is 0 Å². The molecule has 0 saturated carbocycles. The van der Waals surface area contributed by atoms with E-state index in [1.54, 1.807) is 31.2 Å². The highest BCUT2D eigenvalue weighted by Crippen LogP contribution is 2.24. The first-order chi connectivity index (χ1) is 11.8. The molecule has 1 N–H and O–H groups in total. The first-order valence-electron chi connectivity index (χ1n) is 8.49. The molecule has 1 amide bonds. The van der Waals surface area contributed by atoms with Crippen LogP contribution in [0.15, 0.2) is 35.9 Å².